The molecule has 1 fully saturated rings. The molecule has 1 aromatic heterocycles. The van der Waals surface area contributed by atoms with Crippen molar-refractivity contribution in [2.75, 3.05) is 45.1 Å². The van der Waals surface area contributed by atoms with E-state index in [0.29, 0.717) is 26.3 Å². The van der Waals surface area contributed by atoms with Crippen molar-refractivity contribution in [3.63, 3.8) is 0 Å². The van der Waals surface area contributed by atoms with Crippen molar-refractivity contribution in [1.29, 1.82) is 0 Å². The van der Waals surface area contributed by atoms with Crippen LogP contribution in [-0.4, -0.2) is 60.8 Å². The van der Waals surface area contributed by atoms with Crippen LogP contribution in [-0.2, 0) is 4.74 Å². The highest BCUT2D eigenvalue weighted by Gasteiger charge is 2.28. The fourth-order valence-corrected chi connectivity index (χ4v) is 2.64. The van der Waals surface area contributed by atoms with Crippen molar-refractivity contribution in [2.45, 2.75) is 10.6 Å². The zero-order valence-corrected chi connectivity index (χ0v) is 11.8. The Morgan fingerprint density at radius 2 is 2.47 bits per heavy atom. The highest BCUT2D eigenvalue weighted by Crippen LogP contribution is 2.12. The largest absolute Gasteiger partial charge is 0.385 e. The number of pyridine rings is 1. The van der Waals surface area contributed by atoms with Crippen LogP contribution in [0.2, 0.25) is 0 Å². The molecule has 19 heavy (non-hydrogen) atoms. The number of hydrogen-bond acceptors (Lipinski definition) is 6. The standard InChI is InChI=1S/C13H21N3O2S/c17-13(9-14-5-7-18-11-13)10-15-6-8-19-12-3-1-2-4-16-12/h1-4,14-15,17H,5-11H2. The molecule has 1 unspecified atom stereocenters. The molecule has 0 amide bonds. The molecule has 1 aliphatic rings. The minimum Gasteiger partial charge on any atom is -0.385 e. The van der Waals surface area contributed by atoms with E-state index in [4.69, 9.17) is 4.74 Å². The van der Waals surface area contributed by atoms with Gasteiger partial charge in [-0.1, -0.05) is 6.07 Å². The van der Waals surface area contributed by atoms with Crippen molar-refractivity contribution in [2.24, 2.45) is 0 Å². The van der Waals surface area contributed by atoms with Gasteiger partial charge in [0.1, 0.15) is 5.60 Å². The molecule has 106 valence electrons. The smallest absolute Gasteiger partial charge is 0.113 e. The Bertz CT molecular complexity index is 356. The second-order valence-electron chi connectivity index (χ2n) is 4.65. The molecule has 2 heterocycles. The summed E-state index contributed by atoms with van der Waals surface area (Å²) in [7, 11) is 0. The zero-order valence-electron chi connectivity index (χ0n) is 11.0. The Balaban J connectivity index is 1.61. The van der Waals surface area contributed by atoms with E-state index in [0.717, 1.165) is 23.9 Å². The molecule has 1 atom stereocenters. The lowest BCUT2D eigenvalue weighted by atomic mass is 10.1. The molecular weight excluding hydrogens is 262 g/mol. The molecule has 6 heteroatoms. The van der Waals surface area contributed by atoms with E-state index in [1.54, 1.807) is 18.0 Å². The molecule has 1 aromatic rings. The predicted octanol–water partition coefficient (Wildman–Crippen LogP) is 0.114. The second-order valence-corrected chi connectivity index (χ2v) is 5.76. The predicted molar refractivity (Wildman–Crippen MR) is 76.5 cm³/mol. The molecule has 2 rings (SSSR count). The van der Waals surface area contributed by atoms with Gasteiger partial charge in [0.15, 0.2) is 0 Å². The Kier molecular flexibility index (Phi) is 6.06. The van der Waals surface area contributed by atoms with Crippen LogP contribution in [0.1, 0.15) is 0 Å². The first-order valence-corrected chi connectivity index (χ1v) is 7.52. The maximum Gasteiger partial charge on any atom is 0.113 e. The van der Waals surface area contributed by atoms with E-state index >= 15 is 0 Å². The summed E-state index contributed by atoms with van der Waals surface area (Å²) in [6.45, 7) is 3.82. The minimum absolute atomic E-state index is 0.389. The van der Waals surface area contributed by atoms with Crippen LogP contribution in [0.4, 0.5) is 0 Å². The summed E-state index contributed by atoms with van der Waals surface area (Å²) < 4.78 is 5.37. The monoisotopic (exact) mass is 283 g/mol. The third kappa shape index (κ3) is 5.46. The van der Waals surface area contributed by atoms with E-state index < -0.39 is 5.60 Å². The number of aliphatic hydroxyl groups is 1. The van der Waals surface area contributed by atoms with Crippen LogP contribution in [0, 0.1) is 0 Å². The summed E-state index contributed by atoms with van der Waals surface area (Å²) in [5, 5.41) is 17.8. The number of thioether (sulfide) groups is 1. The van der Waals surface area contributed by atoms with Gasteiger partial charge < -0.3 is 20.5 Å². The molecule has 0 saturated carbocycles. The van der Waals surface area contributed by atoms with Gasteiger partial charge in [0.05, 0.1) is 18.2 Å². The summed E-state index contributed by atoms with van der Waals surface area (Å²) in [4.78, 5) is 4.25. The van der Waals surface area contributed by atoms with Crippen molar-refractivity contribution < 1.29 is 9.84 Å². The van der Waals surface area contributed by atoms with E-state index in [9.17, 15) is 5.11 Å². The van der Waals surface area contributed by atoms with Gasteiger partial charge in [-0.2, -0.15) is 0 Å². The van der Waals surface area contributed by atoms with E-state index in [2.05, 4.69) is 15.6 Å². The number of ether oxygens (including phenoxy) is 1. The Labute approximate surface area is 118 Å². The fraction of sp³-hybridized carbons (Fsp3) is 0.615. The summed E-state index contributed by atoms with van der Waals surface area (Å²) in [6.07, 6.45) is 1.80. The minimum atomic E-state index is -0.799. The van der Waals surface area contributed by atoms with Crippen LogP contribution in [0.3, 0.4) is 0 Å². The summed E-state index contributed by atoms with van der Waals surface area (Å²) in [5.74, 6) is 0.932. The van der Waals surface area contributed by atoms with Gasteiger partial charge in [0, 0.05) is 38.1 Å². The van der Waals surface area contributed by atoms with Gasteiger partial charge in [-0.3, -0.25) is 0 Å². The van der Waals surface area contributed by atoms with Gasteiger partial charge in [0.2, 0.25) is 0 Å². The first-order chi connectivity index (χ1) is 9.29. The average Bonchev–Trinajstić information content (AvgIpc) is 2.65. The molecular formula is C13H21N3O2S. The molecule has 0 radical (unpaired) electrons. The molecule has 0 aromatic carbocycles. The van der Waals surface area contributed by atoms with Crippen LogP contribution < -0.4 is 10.6 Å². The fourth-order valence-electron chi connectivity index (χ4n) is 1.87. The molecule has 5 nitrogen and oxygen atoms in total. The number of nitrogens with zero attached hydrogens (tertiary/aromatic N) is 1. The highest BCUT2D eigenvalue weighted by molar-refractivity contribution is 7.99. The topological polar surface area (TPSA) is 66.4 Å². The Hall–Kier alpha value is -0.660. The molecule has 0 spiro atoms. The lowest BCUT2D eigenvalue weighted by Crippen LogP contribution is -2.50. The van der Waals surface area contributed by atoms with Crippen molar-refractivity contribution in [3.05, 3.63) is 24.4 Å². The van der Waals surface area contributed by atoms with Gasteiger partial charge in [0.25, 0.3) is 0 Å². The first kappa shape index (κ1) is 14.7. The molecule has 0 aliphatic carbocycles. The first-order valence-electron chi connectivity index (χ1n) is 6.54. The SMILES string of the molecule is OC1(CNCCSc2ccccn2)CNCCOC1. The zero-order chi connectivity index (χ0) is 13.4. The van der Waals surface area contributed by atoms with E-state index in [-0.39, 0.29) is 0 Å². The second kappa shape index (κ2) is 7.81. The number of β-amino-alcohol motifs (C(OH)–C–C–N with tert-alkyl or cyclic N) is 1. The maximum absolute atomic E-state index is 10.3. The van der Waals surface area contributed by atoms with Crippen molar-refractivity contribution in [1.82, 2.24) is 15.6 Å². The molecule has 1 aliphatic heterocycles. The highest BCUT2D eigenvalue weighted by atomic mass is 32.2. The Morgan fingerprint density at radius 1 is 1.53 bits per heavy atom. The normalized spacial score (nSPS) is 24.1. The number of rotatable bonds is 6. The van der Waals surface area contributed by atoms with Crippen molar-refractivity contribution >= 4 is 11.8 Å². The van der Waals surface area contributed by atoms with Crippen LogP contribution in [0.25, 0.3) is 0 Å². The average molecular weight is 283 g/mol. The molecule has 0 bridgehead atoms. The third-order valence-corrected chi connectivity index (χ3v) is 3.81. The summed E-state index contributed by atoms with van der Waals surface area (Å²) in [5.41, 5.74) is -0.799. The van der Waals surface area contributed by atoms with Gasteiger partial charge >= 0.3 is 0 Å². The van der Waals surface area contributed by atoms with Gasteiger partial charge in [-0.05, 0) is 12.1 Å². The van der Waals surface area contributed by atoms with Gasteiger partial charge in [-0.15, -0.1) is 11.8 Å². The summed E-state index contributed by atoms with van der Waals surface area (Å²) >= 11 is 1.71. The summed E-state index contributed by atoms with van der Waals surface area (Å²) in [6, 6.07) is 5.90. The number of aromatic nitrogens is 1. The maximum atomic E-state index is 10.3. The number of nitrogens with one attached hydrogen (secondary N) is 2. The number of hydrogen-bond donors (Lipinski definition) is 3. The van der Waals surface area contributed by atoms with Gasteiger partial charge in [-0.25, -0.2) is 4.98 Å². The van der Waals surface area contributed by atoms with E-state index in [1.807, 2.05) is 18.2 Å². The third-order valence-electron chi connectivity index (χ3n) is 2.87. The van der Waals surface area contributed by atoms with Crippen LogP contribution in [0.15, 0.2) is 29.4 Å². The quantitative estimate of drug-likeness (QED) is 0.509. The molecule has 1 saturated heterocycles. The van der Waals surface area contributed by atoms with Crippen LogP contribution in [0.5, 0.6) is 0 Å². The Morgan fingerprint density at radius 3 is 3.32 bits per heavy atom. The van der Waals surface area contributed by atoms with E-state index in [1.165, 1.54) is 0 Å². The lowest BCUT2D eigenvalue weighted by Gasteiger charge is -2.26. The lowest BCUT2D eigenvalue weighted by molar-refractivity contribution is -0.0258. The van der Waals surface area contributed by atoms with Crippen molar-refractivity contribution in [3.8, 4) is 0 Å². The molecule has 3 N–H and O–H groups in total. The van der Waals surface area contributed by atoms with Crippen LogP contribution >= 0.6 is 11.8 Å².